The molecule has 0 nitrogen and oxygen atoms in total. The Kier molecular flexibility index (Phi) is 8.34. The van der Waals surface area contributed by atoms with E-state index in [-0.39, 0.29) is 6.42 Å². The number of halogens is 4. The zero-order valence-electron chi connectivity index (χ0n) is 8.12. The second-order valence-electron chi connectivity index (χ2n) is 3.16. The molecule has 0 aliphatic rings. The van der Waals surface area contributed by atoms with Gasteiger partial charge in [0.25, 0.3) is 0 Å². The van der Waals surface area contributed by atoms with E-state index in [0.29, 0.717) is 0 Å². The fourth-order valence-electron chi connectivity index (χ4n) is 1.02. The molecule has 0 aromatic rings. The van der Waals surface area contributed by atoms with E-state index < -0.39 is 12.6 Å². The smallest absolute Gasteiger partial charge is 0.171 e. The first-order valence-electron chi connectivity index (χ1n) is 4.84. The summed E-state index contributed by atoms with van der Waals surface area (Å²) >= 11 is 3.32. The second kappa shape index (κ2) is 8.33. The molecule has 0 unspecified atom stereocenters. The molecule has 0 fully saturated rings. The van der Waals surface area contributed by atoms with Crippen LogP contribution in [0.5, 0.6) is 0 Å². The van der Waals surface area contributed by atoms with Gasteiger partial charge in [-0.3, -0.25) is 0 Å². The average molecular weight is 273 g/mol. The highest BCUT2D eigenvalue weighted by molar-refractivity contribution is 9.09. The minimum Gasteiger partial charge on any atom is -0.171 e. The number of rotatable bonds is 7. The summed E-state index contributed by atoms with van der Waals surface area (Å²) in [6, 6.07) is 0. The summed E-state index contributed by atoms with van der Waals surface area (Å²) in [4.78, 5) is 0. The minimum atomic E-state index is -4.01. The predicted octanol–water partition coefficient (Wildman–Crippen LogP) is 4.84. The molecule has 0 aromatic carbocycles. The van der Waals surface area contributed by atoms with E-state index in [2.05, 4.69) is 15.9 Å². The van der Waals surface area contributed by atoms with Crippen LogP contribution in [0.2, 0.25) is 0 Å². The fourth-order valence-corrected chi connectivity index (χ4v) is 1.41. The maximum absolute atomic E-state index is 11.7. The number of allylic oxidation sites excluding steroid dienone is 2. The highest BCUT2D eigenvalue weighted by Gasteiger charge is 2.25. The number of hydrogen-bond donors (Lipinski definition) is 0. The molecule has 0 aromatic heterocycles. The Morgan fingerprint density at radius 3 is 2.14 bits per heavy atom. The van der Waals surface area contributed by atoms with Crippen LogP contribution >= 0.6 is 15.9 Å². The van der Waals surface area contributed by atoms with E-state index in [9.17, 15) is 13.2 Å². The normalized spacial score (nSPS) is 12.6. The van der Waals surface area contributed by atoms with Crippen LogP contribution < -0.4 is 0 Å². The maximum atomic E-state index is 11.7. The summed E-state index contributed by atoms with van der Waals surface area (Å²) in [5.41, 5.74) is 0. The Labute approximate surface area is 91.7 Å². The average Bonchev–Trinajstić information content (AvgIpc) is 2.08. The molecule has 0 N–H and O–H groups in total. The van der Waals surface area contributed by atoms with Crippen LogP contribution in [0.15, 0.2) is 12.2 Å². The largest absolute Gasteiger partial charge is 0.389 e. The highest BCUT2D eigenvalue weighted by Crippen LogP contribution is 2.21. The molecular formula is C10H16BrF3. The Hall–Kier alpha value is 0.01000. The van der Waals surface area contributed by atoms with Crippen molar-refractivity contribution in [2.24, 2.45) is 0 Å². The zero-order valence-corrected chi connectivity index (χ0v) is 9.70. The van der Waals surface area contributed by atoms with E-state index in [1.54, 1.807) is 6.08 Å². The van der Waals surface area contributed by atoms with Crippen molar-refractivity contribution in [3.8, 4) is 0 Å². The highest BCUT2D eigenvalue weighted by atomic mass is 79.9. The molecule has 0 saturated heterocycles. The lowest BCUT2D eigenvalue weighted by Crippen LogP contribution is -2.05. The third-order valence-electron chi connectivity index (χ3n) is 1.77. The molecule has 14 heavy (non-hydrogen) atoms. The molecule has 0 heterocycles. The molecule has 0 saturated carbocycles. The van der Waals surface area contributed by atoms with Crippen LogP contribution in [-0.2, 0) is 0 Å². The first-order valence-corrected chi connectivity index (χ1v) is 5.96. The molecule has 0 spiro atoms. The number of hydrogen-bond acceptors (Lipinski definition) is 0. The predicted molar refractivity (Wildman–Crippen MR) is 56.7 cm³/mol. The molecule has 4 heteroatoms. The van der Waals surface area contributed by atoms with E-state index in [1.165, 1.54) is 0 Å². The van der Waals surface area contributed by atoms with Gasteiger partial charge in [-0.25, -0.2) is 0 Å². The monoisotopic (exact) mass is 272 g/mol. The van der Waals surface area contributed by atoms with Gasteiger partial charge in [-0.05, 0) is 25.7 Å². The van der Waals surface area contributed by atoms with E-state index in [0.717, 1.165) is 31.0 Å². The number of alkyl halides is 4. The summed E-state index contributed by atoms with van der Waals surface area (Å²) in [5.74, 6) is 0. The summed E-state index contributed by atoms with van der Waals surface area (Å²) in [6.07, 6.45) is 3.10. The standard InChI is InChI=1S/C10H16BrF3/c11-9-7-5-3-1-2-4-6-8-10(12,13)14/h2,4H,1,3,5-9H2/b4-2+. The topological polar surface area (TPSA) is 0 Å². The van der Waals surface area contributed by atoms with Crippen molar-refractivity contribution in [2.75, 3.05) is 5.33 Å². The zero-order chi connectivity index (χ0) is 10.9. The van der Waals surface area contributed by atoms with Crippen molar-refractivity contribution in [3.05, 3.63) is 12.2 Å². The lowest BCUT2D eigenvalue weighted by molar-refractivity contribution is -0.133. The lowest BCUT2D eigenvalue weighted by atomic mass is 10.2. The van der Waals surface area contributed by atoms with Crippen molar-refractivity contribution in [1.29, 1.82) is 0 Å². The Morgan fingerprint density at radius 1 is 0.929 bits per heavy atom. The van der Waals surface area contributed by atoms with Crippen molar-refractivity contribution in [2.45, 2.75) is 44.7 Å². The maximum Gasteiger partial charge on any atom is 0.389 e. The van der Waals surface area contributed by atoms with Gasteiger partial charge in [0.1, 0.15) is 0 Å². The molecular weight excluding hydrogens is 257 g/mol. The van der Waals surface area contributed by atoms with Gasteiger partial charge in [-0.15, -0.1) is 0 Å². The Bertz CT molecular complexity index is 152. The van der Waals surface area contributed by atoms with Gasteiger partial charge in [0.2, 0.25) is 0 Å². The molecule has 0 rings (SSSR count). The Balaban J connectivity index is 3.20. The van der Waals surface area contributed by atoms with Crippen LogP contribution in [0, 0.1) is 0 Å². The molecule has 0 atom stereocenters. The van der Waals surface area contributed by atoms with E-state index in [1.807, 2.05) is 6.08 Å². The van der Waals surface area contributed by atoms with Crippen molar-refractivity contribution in [1.82, 2.24) is 0 Å². The molecule has 0 aliphatic carbocycles. The van der Waals surface area contributed by atoms with Crippen LogP contribution in [-0.4, -0.2) is 11.5 Å². The van der Waals surface area contributed by atoms with Crippen molar-refractivity contribution < 1.29 is 13.2 Å². The van der Waals surface area contributed by atoms with Gasteiger partial charge in [0, 0.05) is 11.8 Å². The Morgan fingerprint density at radius 2 is 1.57 bits per heavy atom. The summed E-state index contributed by atoms with van der Waals surface area (Å²) in [5, 5.41) is 1.00. The van der Waals surface area contributed by atoms with Gasteiger partial charge in [-0.1, -0.05) is 34.5 Å². The first-order chi connectivity index (χ1) is 6.56. The first kappa shape index (κ1) is 14.0. The summed E-state index contributed by atoms with van der Waals surface area (Å²) in [6.45, 7) is 0. The van der Waals surface area contributed by atoms with Gasteiger partial charge in [0.15, 0.2) is 0 Å². The quantitative estimate of drug-likeness (QED) is 0.353. The molecule has 0 radical (unpaired) electrons. The van der Waals surface area contributed by atoms with Gasteiger partial charge < -0.3 is 0 Å². The third-order valence-corrected chi connectivity index (χ3v) is 2.33. The SMILES string of the molecule is FC(F)(F)CC/C=C/CCCCCBr. The van der Waals surface area contributed by atoms with Gasteiger partial charge in [0.05, 0.1) is 0 Å². The third kappa shape index (κ3) is 12.0. The molecule has 0 bridgehead atoms. The summed E-state index contributed by atoms with van der Waals surface area (Å²) in [7, 11) is 0. The van der Waals surface area contributed by atoms with Crippen molar-refractivity contribution in [3.63, 3.8) is 0 Å². The second-order valence-corrected chi connectivity index (χ2v) is 3.96. The molecule has 0 aliphatic heterocycles. The van der Waals surface area contributed by atoms with Gasteiger partial charge >= 0.3 is 6.18 Å². The minimum absolute atomic E-state index is 0.113. The lowest BCUT2D eigenvalue weighted by Gasteiger charge is -2.01. The number of unbranched alkanes of at least 4 members (excludes halogenated alkanes) is 3. The van der Waals surface area contributed by atoms with Crippen LogP contribution in [0.4, 0.5) is 13.2 Å². The van der Waals surface area contributed by atoms with Crippen LogP contribution in [0.3, 0.4) is 0 Å². The van der Waals surface area contributed by atoms with E-state index in [4.69, 9.17) is 0 Å². The van der Waals surface area contributed by atoms with Crippen LogP contribution in [0.1, 0.15) is 38.5 Å². The van der Waals surface area contributed by atoms with Crippen molar-refractivity contribution >= 4 is 15.9 Å². The van der Waals surface area contributed by atoms with Gasteiger partial charge in [-0.2, -0.15) is 13.2 Å². The van der Waals surface area contributed by atoms with E-state index >= 15 is 0 Å². The fraction of sp³-hybridized carbons (Fsp3) is 0.800. The van der Waals surface area contributed by atoms with Crippen LogP contribution in [0.25, 0.3) is 0 Å². The molecule has 84 valence electrons. The summed E-state index contributed by atoms with van der Waals surface area (Å²) < 4.78 is 35.1. The molecule has 0 amide bonds.